The monoisotopic (exact) mass is 493 g/mol. The van der Waals surface area contributed by atoms with Gasteiger partial charge in [0.15, 0.2) is 0 Å². The zero-order valence-electron chi connectivity index (χ0n) is 20.1. The lowest BCUT2D eigenvalue weighted by Gasteiger charge is -2.28. The van der Waals surface area contributed by atoms with Gasteiger partial charge in [0, 0.05) is 19.2 Å². The molecule has 0 aromatic heterocycles. The molecule has 184 valence electrons. The maximum Gasteiger partial charge on any atom is 0.264 e. The highest BCUT2D eigenvalue weighted by Crippen LogP contribution is 2.27. The van der Waals surface area contributed by atoms with Crippen LogP contribution in [0.3, 0.4) is 0 Å². The Bertz CT molecular complexity index is 1240. The second kappa shape index (κ2) is 10.9. The number of rotatable bonds is 9. The van der Waals surface area contributed by atoms with Crippen LogP contribution in [0.5, 0.6) is 5.75 Å². The molecule has 35 heavy (non-hydrogen) atoms. The minimum Gasteiger partial charge on any atom is -0.497 e. The Labute approximate surface area is 207 Å². The lowest BCUT2D eigenvalue weighted by atomic mass is 10.0. The van der Waals surface area contributed by atoms with E-state index in [0.29, 0.717) is 17.8 Å². The van der Waals surface area contributed by atoms with Gasteiger partial charge < -0.3 is 10.1 Å². The summed E-state index contributed by atoms with van der Waals surface area (Å²) in [4.78, 5) is 15.5. The van der Waals surface area contributed by atoms with E-state index in [2.05, 4.69) is 10.2 Å². The number of nitrogens with one attached hydrogen (secondary N) is 1. The summed E-state index contributed by atoms with van der Waals surface area (Å²) in [5, 5.41) is 3.02. The van der Waals surface area contributed by atoms with E-state index in [9.17, 15) is 13.2 Å². The van der Waals surface area contributed by atoms with Gasteiger partial charge in [-0.1, -0.05) is 36.4 Å². The molecule has 1 saturated heterocycles. The fraction of sp³-hybridized carbons (Fsp3) is 0.296. The second-order valence-corrected chi connectivity index (χ2v) is 10.5. The number of carbonyl (C=O) groups is 1. The molecule has 1 aliphatic heterocycles. The largest absolute Gasteiger partial charge is 0.497 e. The van der Waals surface area contributed by atoms with Gasteiger partial charge in [0.2, 0.25) is 0 Å². The first-order chi connectivity index (χ1) is 16.9. The van der Waals surface area contributed by atoms with Gasteiger partial charge in [0.1, 0.15) is 5.75 Å². The molecule has 0 bridgehead atoms. The van der Waals surface area contributed by atoms with Crippen molar-refractivity contribution in [2.75, 3.05) is 38.1 Å². The van der Waals surface area contributed by atoms with Crippen molar-refractivity contribution in [3.63, 3.8) is 0 Å². The molecule has 4 rings (SSSR count). The highest BCUT2D eigenvalue weighted by Gasteiger charge is 2.25. The number of likely N-dealkylation sites (tertiary alicyclic amines) is 1. The number of amides is 1. The van der Waals surface area contributed by atoms with Crippen molar-refractivity contribution in [1.82, 2.24) is 10.2 Å². The number of anilines is 1. The zero-order chi connectivity index (χ0) is 24.8. The summed E-state index contributed by atoms with van der Waals surface area (Å²) in [6.45, 7) is 2.38. The number of carbonyl (C=O) groups excluding carboxylic acids is 1. The van der Waals surface area contributed by atoms with Gasteiger partial charge >= 0.3 is 0 Å². The van der Waals surface area contributed by atoms with Gasteiger partial charge in [-0.05, 0) is 74.0 Å². The van der Waals surface area contributed by atoms with Crippen molar-refractivity contribution >= 4 is 21.6 Å². The van der Waals surface area contributed by atoms with Gasteiger partial charge in [-0.2, -0.15) is 0 Å². The lowest BCUT2D eigenvalue weighted by Crippen LogP contribution is -2.37. The van der Waals surface area contributed by atoms with Crippen LogP contribution in [0.4, 0.5) is 5.69 Å². The van der Waals surface area contributed by atoms with Crippen molar-refractivity contribution in [1.29, 1.82) is 0 Å². The summed E-state index contributed by atoms with van der Waals surface area (Å²) in [6.07, 6.45) is 2.27. The van der Waals surface area contributed by atoms with Crippen molar-refractivity contribution < 1.29 is 17.9 Å². The summed E-state index contributed by atoms with van der Waals surface area (Å²) in [5.74, 6) is 0.485. The first kappa shape index (κ1) is 24.8. The third-order valence-corrected chi connectivity index (χ3v) is 8.19. The van der Waals surface area contributed by atoms with E-state index in [4.69, 9.17) is 4.74 Å². The quantitative estimate of drug-likeness (QED) is 0.486. The molecule has 1 amide bonds. The van der Waals surface area contributed by atoms with Crippen molar-refractivity contribution in [2.24, 2.45) is 0 Å². The van der Waals surface area contributed by atoms with Gasteiger partial charge in [-0.25, -0.2) is 8.42 Å². The molecule has 0 unspecified atom stereocenters. The summed E-state index contributed by atoms with van der Waals surface area (Å²) in [6, 6.07) is 23.0. The van der Waals surface area contributed by atoms with Crippen molar-refractivity contribution in [3.05, 3.63) is 90.0 Å². The lowest BCUT2D eigenvalue weighted by molar-refractivity contribution is 0.0937. The van der Waals surface area contributed by atoms with E-state index >= 15 is 0 Å². The Balaban J connectivity index is 1.50. The number of sulfonamides is 1. The first-order valence-electron chi connectivity index (χ1n) is 11.7. The van der Waals surface area contributed by atoms with E-state index in [1.54, 1.807) is 43.5 Å². The topological polar surface area (TPSA) is 78.9 Å². The van der Waals surface area contributed by atoms with Gasteiger partial charge in [-0.3, -0.25) is 14.0 Å². The molecule has 1 heterocycles. The molecule has 0 aliphatic carbocycles. The standard InChI is InChI=1S/C27H31N3O4S/c1-29(23-10-4-3-5-11-23)35(32,33)25-12-8-9-22(19-25)27(31)28-20-26(30-17-6-7-18-30)21-13-15-24(34-2)16-14-21/h3-5,8-16,19,26H,6-7,17-18,20H2,1-2H3,(H,28,31)/t26-/m0/s1. The molecule has 1 N–H and O–H groups in total. The molecular weight excluding hydrogens is 462 g/mol. The summed E-state index contributed by atoms with van der Waals surface area (Å²) in [5.41, 5.74) is 1.96. The average Bonchev–Trinajstić information content (AvgIpc) is 3.44. The van der Waals surface area contributed by atoms with Crippen LogP contribution in [-0.2, 0) is 10.0 Å². The van der Waals surface area contributed by atoms with E-state index < -0.39 is 10.0 Å². The molecule has 8 heteroatoms. The normalized spacial score (nSPS) is 14.9. The Hall–Kier alpha value is -3.36. The summed E-state index contributed by atoms with van der Waals surface area (Å²) >= 11 is 0. The van der Waals surface area contributed by atoms with Crippen LogP contribution in [0.25, 0.3) is 0 Å². The van der Waals surface area contributed by atoms with E-state index in [0.717, 1.165) is 37.2 Å². The fourth-order valence-corrected chi connectivity index (χ4v) is 5.60. The number of methoxy groups -OCH3 is 1. The Kier molecular flexibility index (Phi) is 7.73. The van der Waals surface area contributed by atoms with Crippen LogP contribution < -0.4 is 14.4 Å². The highest BCUT2D eigenvalue weighted by molar-refractivity contribution is 7.92. The second-order valence-electron chi connectivity index (χ2n) is 8.58. The number of para-hydroxylation sites is 1. The van der Waals surface area contributed by atoms with Gasteiger partial charge in [0.05, 0.1) is 23.7 Å². The van der Waals surface area contributed by atoms with E-state index in [-0.39, 0.29) is 16.8 Å². The molecule has 1 aliphatic rings. The predicted molar refractivity (Wildman–Crippen MR) is 137 cm³/mol. The maximum absolute atomic E-state index is 13.2. The summed E-state index contributed by atoms with van der Waals surface area (Å²) in [7, 11) is -0.664. The molecule has 0 spiro atoms. The van der Waals surface area contributed by atoms with Gasteiger partial charge in [0.25, 0.3) is 15.9 Å². The van der Waals surface area contributed by atoms with Crippen LogP contribution in [-0.4, -0.2) is 53.0 Å². The van der Waals surface area contributed by atoms with Crippen LogP contribution in [0.2, 0.25) is 0 Å². The molecule has 7 nitrogen and oxygen atoms in total. The third-order valence-electron chi connectivity index (χ3n) is 6.41. The molecule has 3 aromatic rings. The van der Waals surface area contributed by atoms with Gasteiger partial charge in [-0.15, -0.1) is 0 Å². The van der Waals surface area contributed by atoms with Crippen LogP contribution >= 0.6 is 0 Å². The molecule has 1 fully saturated rings. The number of hydrogen-bond donors (Lipinski definition) is 1. The number of ether oxygens (including phenoxy) is 1. The summed E-state index contributed by atoms with van der Waals surface area (Å²) < 4.78 is 32.8. The Morgan fingerprint density at radius 1 is 1.00 bits per heavy atom. The third kappa shape index (κ3) is 5.66. The highest BCUT2D eigenvalue weighted by atomic mass is 32.2. The van der Waals surface area contributed by atoms with Crippen LogP contribution in [0, 0.1) is 0 Å². The smallest absolute Gasteiger partial charge is 0.264 e. The number of hydrogen-bond acceptors (Lipinski definition) is 5. The number of nitrogens with zero attached hydrogens (tertiary/aromatic N) is 2. The average molecular weight is 494 g/mol. The SMILES string of the molecule is COc1ccc([C@H](CNC(=O)c2cccc(S(=O)(=O)N(C)c3ccccc3)c2)N2CCCC2)cc1. The Morgan fingerprint density at radius 3 is 2.34 bits per heavy atom. The molecular formula is C27H31N3O4S. The molecule has 1 atom stereocenters. The Morgan fingerprint density at radius 2 is 1.69 bits per heavy atom. The van der Waals surface area contributed by atoms with Crippen molar-refractivity contribution in [3.8, 4) is 5.75 Å². The number of benzene rings is 3. The molecule has 3 aromatic carbocycles. The van der Waals surface area contributed by atoms with Crippen LogP contribution in [0.1, 0.15) is 34.8 Å². The van der Waals surface area contributed by atoms with E-state index in [1.807, 2.05) is 30.3 Å². The minimum atomic E-state index is -3.81. The molecule has 0 saturated carbocycles. The first-order valence-corrected chi connectivity index (χ1v) is 13.1. The van der Waals surface area contributed by atoms with E-state index in [1.165, 1.54) is 23.5 Å². The fourth-order valence-electron chi connectivity index (χ4n) is 4.36. The molecule has 0 radical (unpaired) electrons. The predicted octanol–water partition coefficient (Wildman–Crippen LogP) is 4.09. The minimum absolute atomic E-state index is 0.0310. The van der Waals surface area contributed by atoms with Crippen LogP contribution in [0.15, 0.2) is 83.8 Å². The maximum atomic E-state index is 13.2. The zero-order valence-corrected chi connectivity index (χ0v) is 20.9. The van der Waals surface area contributed by atoms with Crippen molar-refractivity contribution in [2.45, 2.75) is 23.8 Å².